The van der Waals surface area contributed by atoms with E-state index >= 15 is 0 Å². The summed E-state index contributed by atoms with van der Waals surface area (Å²) in [6.07, 6.45) is 0. The van der Waals surface area contributed by atoms with Crippen molar-refractivity contribution >= 4 is 11.9 Å². The molecule has 1 N–H and O–H groups in total. The predicted octanol–water partition coefficient (Wildman–Crippen LogP) is 3.17. The minimum Gasteiger partial charge on any atom is -0.466 e. The molecule has 23 heavy (non-hydrogen) atoms. The highest BCUT2D eigenvalue weighted by atomic mass is 16.3. The lowest BCUT2D eigenvalue weighted by Crippen LogP contribution is -2.41. The largest absolute Gasteiger partial charge is 0.466 e. The quantitative estimate of drug-likeness (QED) is 0.885. The topological polar surface area (TPSA) is 62.6 Å². The number of benzene rings is 1. The molecule has 1 saturated heterocycles. The van der Waals surface area contributed by atoms with Crippen molar-refractivity contribution in [1.82, 2.24) is 10.2 Å². The van der Waals surface area contributed by atoms with Crippen molar-refractivity contribution < 1.29 is 14.0 Å². The SMILES string of the molecule is Cc1ccc(CN2C(=O)NC(C)(c3cc(C)oc3C)C2=O)cc1. The number of carbonyl (C=O) groups is 2. The monoisotopic (exact) mass is 312 g/mol. The maximum atomic E-state index is 12.9. The van der Waals surface area contributed by atoms with E-state index in [1.807, 2.05) is 44.2 Å². The molecule has 0 bridgehead atoms. The lowest BCUT2D eigenvalue weighted by molar-refractivity contribution is -0.131. The molecule has 1 fully saturated rings. The number of nitrogens with zero attached hydrogens (tertiary/aromatic N) is 1. The zero-order valence-corrected chi connectivity index (χ0v) is 13.8. The van der Waals surface area contributed by atoms with Crippen LogP contribution in [0.1, 0.15) is 35.1 Å². The van der Waals surface area contributed by atoms with Crippen LogP contribution in [0, 0.1) is 20.8 Å². The Labute approximate surface area is 135 Å². The number of amides is 3. The van der Waals surface area contributed by atoms with Crippen molar-refractivity contribution in [3.8, 4) is 0 Å². The molecule has 0 saturated carbocycles. The Balaban J connectivity index is 1.90. The molecule has 1 aliphatic heterocycles. The number of hydrogen-bond donors (Lipinski definition) is 1. The van der Waals surface area contributed by atoms with Gasteiger partial charge in [-0.15, -0.1) is 0 Å². The van der Waals surface area contributed by atoms with Crippen molar-refractivity contribution in [3.63, 3.8) is 0 Å². The third kappa shape index (κ3) is 2.52. The van der Waals surface area contributed by atoms with Gasteiger partial charge in [0.2, 0.25) is 0 Å². The second-order valence-electron chi connectivity index (χ2n) is 6.26. The highest BCUT2D eigenvalue weighted by Crippen LogP contribution is 2.33. The van der Waals surface area contributed by atoms with Gasteiger partial charge in [-0.05, 0) is 39.3 Å². The Kier molecular flexibility index (Phi) is 3.51. The molecule has 1 aromatic carbocycles. The summed E-state index contributed by atoms with van der Waals surface area (Å²) in [4.78, 5) is 26.5. The first kappa shape index (κ1) is 15.3. The first-order valence-electron chi connectivity index (χ1n) is 7.58. The second kappa shape index (κ2) is 5.26. The number of rotatable bonds is 3. The van der Waals surface area contributed by atoms with Crippen molar-refractivity contribution in [1.29, 1.82) is 0 Å². The molecule has 1 atom stereocenters. The van der Waals surface area contributed by atoms with Crippen molar-refractivity contribution in [3.05, 3.63) is 58.5 Å². The zero-order valence-electron chi connectivity index (χ0n) is 13.8. The summed E-state index contributed by atoms with van der Waals surface area (Å²) in [6.45, 7) is 7.61. The number of urea groups is 1. The van der Waals surface area contributed by atoms with Crippen LogP contribution >= 0.6 is 0 Å². The van der Waals surface area contributed by atoms with Crippen LogP contribution in [0.3, 0.4) is 0 Å². The van der Waals surface area contributed by atoms with Gasteiger partial charge in [-0.2, -0.15) is 0 Å². The third-order valence-corrected chi connectivity index (χ3v) is 4.32. The molecule has 3 rings (SSSR count). The fourth-order valence-electron chi connectivity index (χ4n) is 3.03. The van der Waals surface area contributed by atoms with Crippen LogP contribution in [-0.4, -0.2) is 16.8 Å². The van der Waals surface area contributed by atoms with Gasteiger partial charge in [0.15, 0.2) is 0 Å². The first-order chi connectivity index (χ1) is 10.8. The van der Waals surface area contributed by atoms with E-state index in [1.165, 1.54) is 4.90 Å². The molecular formula is C18H20N2O3. The smallest absolute Gasteiger partial charge is 0.325 e. The highest BCUT2D eigenvalue weighted by molar-refractivity contribution is 6.07. The molecule has 1 aromatic heterocycles. The Hall–Kier alpha value is -2.56. The molecule has 3 amide bonds. The van der Waals surface area contributed by atoms with Crippen LogP contribution in [0.25, 0.3) is 0 Å². The summed E-state index contributed by atoms with van der Waals surface area (Å²) in [6, 6.07) is 9.23. The van der Waals surface area contributed by atoms with Gasteiger partial charge in [0.25, 0.3) is 5.91 Å². The van der Waals surface area contributed by atoms with Gasteiger partial charge in [-0.3, -0.25) is 9.69 Å². The minimum atomic E-state index is -1.08. The molecule has 0 radical (unpaired) electrons. The lowest BCUT2D eigenvalue weighted by Gasteiger charge is -2.21. The molecule has 2 heterocycles. The molecule has 5 heteroatoms. The standard InChI is InChI=1S/C18H20N2O3/c1-11-5-7-14(8-6-11)10-20-16(21)18(4,19-17(20)22)15-9-12(2)23-13(15)3/h5-9H,10H2,1-4H3,(H,19,22). The van der Waals surface area contributed by atoms with Gasteiger partial charge < -0.3 is 9.73 Å². The fraction of sp³-hybridized carbons (Fsp3) is 0.333. The van der Waals surface area contributed by atoms with Crippen LogP contribution in [0.2, 0.25) is 0 Å². The molecule has 5 nitrogen and oxygen atoms in total. The summed E-state index contributed by atoms with van der Waals surface area (Å²) >= 11 is 0. The maximum Gasteiger partial charge on any atom is 0.325 e. The van der Waals surface area contributed by atoms with E-state index in [1.54, 1.807) is 13.8 Å². The Morgan fingerprint density at radius 2 is 1.78 bits per heavy atom. The molecule has 0 aliphatic carbocycles. The molecule has 1 unspecified atom stereocenters. The van der Waals surface area contributed by atoms with Gasteiger partial charge in [-0.1, -0.05) is 29.8 Å². The maximum absolute atomic E-state index is 12.9. The van der Waals surface area contributed by atoms with Crippen LogP contribution in [0.15, 0.2) is 34.7 Å². The van der Waals surface area contributed by atoms with E-state index in [0.29, 0.717) is 11.3 Å². The van der Waals surface area contributed by atoms with Crippen molar-refractivity contribution in [2.24, 2.45) is 0 Å². The van der Waals surface area contributed by atoms with Crippen LogP contribution < -0.4 is 5.32 Å². The van der Waals surface area contributed by atoms with Gasteiger partial charge in [-0.25, -0.2) is 4.79 Å². The van der Waals surface area contributed by atoms with Gasteiger partial charge in [0.1, 0.15) is 17.1 Å². The zero-order chi connectivity index (χ0) is 16.8. The van der Waals surface area contributed by atoms with Crippen LogP contribution in [0.4, 0.5) is 4.79 Å². The average Bonchev–Trinajstić information content (AvgIpc) is 2.94. The van der Waals surface area contributed by atoms with Crippen molar-refractivity contribution in [2.75, 3.05) is 0 Å². The summed E-state index contributed by atoms with van der Waals surface area (Å²) in [5, 5.41) is 2.81. The number of furan rings is 1. The average molecular weight is 312 g/mol. The van der Waals surface area contributed by atoms with E-state index in [4.69, 9.17) is 4.42 Å². The Morgan fingerprint density at radius 1 is 1.13 bits per heavy atom. The summed E-state index contributed by atoms with van der Waals surface area (Å²) < 4.78 is 5.52. The van der Waals surface area contributed by atoms with E-state index < -0.39 is 5.54 Å². The lowest BCUT2D eigenvalue weighted by atomic mass is 9.92. The number of hydrogen-bond acceptors (Lipinski definition) is 3. The highest BCUT2D eigenvalue weighted by Gasteiger charge is 2.50. The fourth-order valence-corrected chi connectivity index (χ4v) is 3.03. The van der Waals surface area contributed by atoms with Crippen LogP contribution in [-0.2, 0) is 16.9 Å². The van der Waals surface area contributed by atoms with Gasteiger partial charge in [0, 0.05) is 5.56 Å². The first-order valence-corrected chi connectivity index (χ1v) is 7.58. The molecule has 120 valence electrons. The number of aryl methyl sites for hydroxylation is 3. The molecule has 0 spiro atoms. The van der Waals surface area contributed by atoms with E-state index in [-0.39, 0.29) is 18.5 Å². The summed E-state index contributed by atoms with van der Waals surface area (Å²) in [7, 11) is 0. The Bertz CT molecular complexity index is 776. The van der Waals surface area contributed by atoms with Crippen molar-refractivity contribution in [2.45, 2.75) is 39.8 Å². The third-order valence-electron chi connectivity index (χ3n) is 4.32. The van der Waals surface area contributed by atoms with Gasteiger partial charge in [0.05, 0.1) is 6.54 Å². The van der Waals surface area contributed by atoms with Crippen LogP contribution in [0.5, 0.6) is 0 Å². The van der Waals surface area contributed by atoms with Gasteiger partial charge >= 0.3 is 6.03 Å². The normalized spacial score (nSPS) is 21.0. The predicted molar refractivity (Wildman–Crippen MR) is 85.8 cm³/mol. The number of imide groups is 1. The second-order valence-corrected chi connectivity index (χ2v) is 6.26. The molecule has 1 aliphatic rings. The Morgan fingerprint density at radius 3 is 2.35 bits per heavy atom. The minimum absolute atomic E-state index is 0.257. The summed E-state index contributed by atoms with van der Waals surface area (Å²) in [5.41, 5.74) is 1.69. The summed E-state index contributed by atoms with van der Waals surface area (Å²) in [5.74, 6) is 1.11. The molecular weight excluding hydrogens is 292 g/mol. The van der Waals surface area contributed by atoms with E-state index in [2.05, 4.69) is 5.32 Å². The number of nitrogens with one attached hydrogen (secondary N) is 1. The van der Waals surface area contributed by atoms with E-state index in [0.717, 1.165) is 16.9 Å². The number of carbonyl (C=O) groups excluding carboxylic acids is 2. The molecule has 2 aromatic rings. The van der Waals surface area contributed by atoms with E-state index in [9.17, 15) is 9.59 Å².